The fraction of sp³-hybridized carbons (Fsp3) is 0.444. The first-order valence-electron chi connectivity index (χ1n) is 3.85. The highest BCUT2D eigenvalue weighted by atomic mass is 16.5. The summed E-state index contributed by atoms with van der Waals surface area (Å²) < 4.78 is 9.92. The molecule has 3 heteroatoms. The maximum atomic E-state index is 11.2. The maximum absolute atomic E-state index is 11.2. The molecule has 0 bridgehead atoms. The van der Waals surface area contributed by atoms with E-state index < -0.39 is 0 Å². The molecule has 1 aromatic heterocycles. The van der Waals surface area contributed by atoms with Gasteiger partial charge in [0.25, 0.3) is 0 Å². The highest BCUT2D eigenvalue weighted by Crippen LogP contribution is 2.08. The van der Waals surface area contributed by atoms with Gasteiger partial charge in [-0.1, -0.05) is 0 Å². The summed E-state index contributed by atoms with van der Waals surface area (Å²) in [6.07, 6.45) is 1.31. The molecule has 0 atom stereocenters. The summed E-state index contributed by atoms with van der Waals surface area (Å²) in [6, 6.07) is 1.66. The van der Waals surface area contributed by atoms with Crippen LogP contribution in [-0.2, 0) is 4.74 Å². The number of furan rings is 1. The zero-order valence-electron chi connectivity index (χ0n) is 7.46. The molecule has 3 nitrogen and oxygen atoms in total. The standard InChI is InChI=1S/C9H12O3/c1-6(2)12-9(10)8-4-7(3)11-5-8/h4-6H,1-3H3. The van der Waals surface area contributed by atoms with Crippen molar-refractivity contribution >= 4 is 5.97 Å². The van der Waals surface area contributed by atoms with Crippen LogP contribution in [0.2, 0.25) is 0 Å². The third-order valence-corrected chi connectivity index (χ3v) is 1.31. The number of hydrogen-bond donors (Lipinski definition) is 0. The highest BCUT2D eigenvalue weighted by Gasteiger charge is 2.10. The predicted molar refractivity (Wildman–Crippen MR) is 44.0 cm³/mol. The molecule has 12 heavy (non-hydrogen) atoms. The average molecular weight is 168 g/mol. The Kier molecular flexibility index (Phi) is 2.53. The summed E-state index contributed by atoms with van der Waals surface area (Å²) in [7, 11) is 0. The summed E-state index contributed by atoms with van der Waals surface area (Å²) in [5.74, 6) is 0.382. The Morgan fingerprint density at radius 2 is 2.25 bits per heavy atom. The quantitative estimate of drug-likeness (QED) is 0.635. The Morgan fingerprint density at radius 1 is 1.58 bits per heavy atom. The van der Waals surface area contributed by atoms with Crippen molar-refractivity contribution in [2.24, 2.45) is 0 Å². The van der Waals surface area contributed by atoms with Gasteiger partial charge < -0.3 is 9.15 Å². The van der Waals surface area contributed by atoms with Crippen LogP contribution in [0.15, 0.2) is 16.7 Å². The minimum absolute atomic E-state index is 0.0901. The third-order valence-electron chi connectivity index (χ3n) is 1.31. The molecule has 1 aromatic rings. The van der Waals surface area contributed by atoms with E-state index in [0.29, 0.717) is 11.3 Å². The van der Waals surface area contributed by atoms with Gasteiger partial charge in [0.2, 0.25) is 0 Å². The first-order valence-corrected chi connectivity index (χ1v) is 3.85. The number of esters is 1. The topological polar surface area (TPSA) is 39.4 Å². The summed E-state index contributed by atoms with van der Waals surface area (Å²) in [5.41, 5.74) is 0.473. The van der Waals surface area contributed by atoms with E-state index in [1.54, 1.807) is 13.0 Å². The second kappa shape index (κ2) is 3.43. The van der Waals surface area contributed by atoms with Crippen LogP contribution >= 0.6 is 0 Å². The van der Waals surface area contributed by atoms with Crippen LogP contribution in [0.4, 0.5) is 0 Å². The van der Waals surface area contributed by atoms with Crippen molar-refractivity contribution in [3.8, 4) is 0 Å². The molecule has 0 aliphatic rings. The Bertz CT molecular complexity index is 273. The van der Waals surface area contributed by atoms with Crippen molar-refractivity contribution in [2.75, 3.05) is 0 Å². The molecule has 1 heterocycles. The first kappa shape index (κ1) is 8.84. The van der Waals surface area contributed by atoms with Crippen molar-refractivity contribution in [3.05, 3.63) is 23.7 Å². The zero-order valence-corrected chi connectivity index (χ0v) is 7.46. The van der Waals surface area contributed by atoms with Gasteiger partial charge in [0.05, 0.1) is 11.7 Å². The largest absolute Gasteiger partial charge is 0.469 e. The zero-order chi connectivity index (χ0) is 9.14. The molecule has 0 fully saturated rings. The molecule has 0 spiro atoms. The molecule has 0 aliphatic heterocycles. The molecule has 66 valence electrons. The van der Waals surface area contributed by atoms with Crippen LogP contribution in [0.3, 0.4) is 0 Å². The molecule has 0 radical (unpaired) electrons. The SMILES string of the molecule is Cc1cc(C(=O)OC(C)C)co1. The minimum atomic E-state index is -0.332. The van der Waals surface area contributed by atoms with Gasteiger partial charge in [0, 0.05) is 0 Å². The van der Waals surface area contributed by atoms with Crippen molar-refractivity contribution < 1.29 is 13.9 Å². The molecule has 0 N–H and O–H groups in total. The highest BCUT2D eigenvalue weighted by molar-refractivity contribution is 5.89. The Hall–Kier alpha value is -1.25. The lowest BCUT2D eigenvalue weighted by Crippen LogP contribution is -2.10. The molecule has 0 unspecified atom stereocenters. The van der Waals surface area contributed by atoms with E-state index in [2.05, 4.69) is 0 Å². The lowest BCUT2D eigenvalue weighted by atomic mass is 10.3. The number of rotatable bonds is 2. The van der Waals surface area contributed by atoms with Gasteiger partial charge in [0.15, 0.2) is 0 Å². The van der Waals surface area contributed by atoms with Gasteiger partial charge in [-0.15, -0.1) is 0 Å². The van der Waals surface area contributed by atoms with Crippen molar-refractivity contribution in [2.45, 2.75) is 26.9 Å². The number of ether oxygens (including phenoxy) is 1. The van der Waals surface area contributed by atoms with E-state index in [9.17, 15) is 4.79 Å². The van der Waals surface area contributed by atoms with Gasteiger partial charge >= 0.3 is 5.97 Å². The van der Waals surface area contributed by atoms with E-state index in [-0.39, 0.29) is 12.1 Å². The molecule has 1 rings (SSSR count). The van der Waals surface area contributed by atoms with Gasteiger partial charge in [-0.3, -0.25) is 0 Å². The smallest absolute Gasteiger partial charge is 0.341 e. The van der Waals surface area contributed by atoms with Crippen molar-refractivity contribution in [1.82, 2.24) is 0 Å². The maximum Gasteiger partial charge on any atom is 0.341 e. The second-order valence-corrected chi connectivity index (χ2v) is 2.90. The normalized spacial score (nSPS) is 10.3. The molecule has 0 aliphatic carbocycles. The first-order chi connectivity index (χ1) is 5.59. The van der Waals surface area contributed by atoms with E-state index in [1.165, 1.54) is 6.26 Å². The number of hydrogen-bond acceptors (Lipinski definition) is 3. The summed E-state index contributed by atoms with van der Waals surface area (Å²) in [5, 5.41) is 0. The molecule has 0 saturated carbocycles. The lowest BCUT2D eigenvalue weighted by Gasteiger charge is -2.04. The Labute approximate surface area is 71.3 Å². The molecular formula is C9H12O3. The molecule has 0 aromatic carbocycles. The van der Waals surface area contributed by atoms with Gasteiger partial charge in [-0.2, -0.15) is 0 Å². The van der Waals surface area contributed by atoms with E-state index in [4.69, 9.17) is 9.15 Å². The molecular weight excluding hydrogens is 156 g/mol. The van der Waals surface area contributed by atoms with Crippen LogP contribution in [0.1, 0.15) is 30.0 Å². The molecule has 0 saturated heterocycles. The van der Waals surface area contributed by atoms with Crippen LogP contribution < -0.4 is 0 Å². The summed E-state index contributed by atoms with van der Waals surface area (Å²) in [4.78, 5) is 11.2. The van der Waals surface area contributed by atoms with Crippen LogP contribution in [0.5, 0.6) is 0 Å². The van der Waals surface area contributed by atoms with Crippen LogP contribution in [0, 0.1) is 6.92 Å². The van der Waals surface area contributed by atoms with E-state index in [0.717, 1.165) is 0 Å². The fourth-order valence-corrected chi connectivity index (χ4v) is 0.833. The second-order valence-electron chi connectivity index (χ2n) is 2.90. The van der Waals surface area contributed by atoms with Gasteiger partial charge in [0.1, 0.15) is 12.0 Å². The fourth-order valence-electron chi connectivity index (χ4n) is 0.833. The third kappa shape index (κ3) is 2.12. The van der Waals surface area contributed by atoms with Crippen LogP contribution in [-0.4, -0.2) is 12.1 Å². The van der Waals surface area contributed by atoms with Crippen molar-refractivity contribution in [3.63, 3.8) is 0 Å². The van der Waals surface area contributed by atoms with Gasteiger partial charge in [-0.25, -0.2) is 4.79 Å². The number of carbonyl (C=O) groups excluding carboxylic acids is 1. The van der Waals surface area contributed by atoms with Crippen LogP contribution in [0.25, 0.3) is 0 Å². The predicted octanol–water partition coefficient (Wildman–Crippen LogP) is 2.15. The minimum Gasteiger partial charge on any atom is -0.469 e. The number of aryl methyl sites for hydroxylation is 1. The lowest BCUT2D eigenvalue weighted by molar-refractivity contribution is 0.0377. The summed E-state index contributed by atoms with van der Waals surface area (Å²) >= 11 is 0. The number of carbonyl (C=O) groups is 1. The Morgan fingerprint density at radius 3 is 2.67 bits per heavy atom. The average Bonchev–Trinajstić information content (AvgIpc) is 2.34. The van der Waals surface area contributed by atoms with E-state index in [1.807, 2.05) is 13.8 Å². The van der Waals surface area contributed by atoms with Crippen molar-refractivity contribution in [1.29, 1.82) is 0 Å². The van der Waals surface area contributed by atoms with E-state index >= 15 is 0 Å². The monoisotopic (exact) mass is 168 g/mol. The van der Waals surface area contributed by atoms with Gasteiger partial charge in [-0.05, 0) is 26.8 Å². The molecule has 0 amide bonds. The summed E-state index contributed by atoms with van der Waals surface area (Å²) in [6.45, 7) is 5.40. The Balaban J connectivity index is 2.65.